The van der Waals surface area contributed by atoms with Crippen LogP contribution in [0.25, 0.3) is 22.3 Å². The Morgan fingerprint density at radius 2 is 1.19 bits per heavy atom. The minimum atomic E-state index is -1.13. The van der Waals surface area contributed by atoms with E-state index in [4.69, 9.17) is 4.74 Å². The van der Waals surface area contributed by atoms with E-state index in [0.717, 1.165) is 50.3 Å². The average molecular weight is 568 g/mol. The maximum atomic E-state index is 12.7. The zero-order valence-corrected chi connectivity index (χ0v) is 23.3. The van der Waals surface area contributed by atoms with Gasteiger partial charge in [-0.15, -0.1) is 0 Å². The Balaban J connectivity index is 1.06. The topological polar surface area (TPSA) is 100 Å². The van der Waals surface area contributed by atoms with Crippen molar-refractivity contribution in [2.24, 2.45) is 10.2 Å². The predicted molar refractivity (Wildman–Crippen MR) is 166 cm³/mol. The molecule has 0 bridgehead atoms. The van der Waals surface area contributed by atoms with E-state index in [1.807, 2.05) is 115 Å². The van der Waals surface area contributed by atoms with Crippen LogP contribution in [0.5, 0.6) is 0 Å². The molecule has 7 heteroatoms. The summed E-state index contributed by atoms with van der Waals surface area (Å²) in [4.78, 5) is 24.7. The van der Waals surface area contributed by atoms with Crippen LogP contribution >= 0.6 is 0 Å². The zero-order valence-electron chi connectivity index (χ0n) is 23.3. The molecule has 0 heterocycles. The van der Waals surface area contributed by atoms with E-state index >= 15 is 0 Å². The van der Waals surface area contributed by atoms with Crippen molar-refractivity contribution in [1.29, 1.82) is 0 Å². The van der Waals surface area contributed by atoms with Crippen LogP contribution in [0, 0.1) is 0 Å². The van der Waals surface area contributed by atoms with Crippen LogP contribution in [-0.4, -0.2) is 29.8 Å². The zero-order chi connectivity index (χ0) is 29.6. The van der Waals surface area contributed by atoms with Crippen molar-refractivity contribution in [3.8, 4) is 22.3 Å². The van der Waals surface area contributed by atoms with Crippen LogP contribution in [0.1, 0.15) is 22.6 Å². The lowest BCUT2D eigenvalue weighted by Gasteiger charge is -2.17. The minimum absolute atomic E-state index is 0.102. The van der Waals surface area contributed by atoms with Crippen molar-refractivity contribution in [2.75, 3.05) is 6.61 Å². The summed E-state index contributed by atoms with van der Waals surface area (Å²) in [5.74, 6) is -1.23. The van der Waals surface area contributed by atoms with Gasteiger partial charge in [-0.05, 0) is 63.2 Å². The Kier molecular flexibility index (Phi) is 8.04. The second kappa shape index (κ2) is 12.5. The van der Waals surface area contributed by atoms with Gasteiger partial charge < -0.3 is 15.2 Å². The Morgan fingerprint density at radius 1 is 0.674 bits per heavy atom. The molecule has 0 aromatic heterocycles. The Morgan fingerprint density at radius 3 is 1.77 bits per heavy atom. The largest absolute Gasteiger partial charge is 0.480 e. The van der Waals surface area contributed by atoms with Gasteiger partial charge in [0.15, 0.2) is 0 Å². The van der Waals surface area contributed by atoms with Crippen LogP contribution < -0.4 is 5.32 Å². The highest BCUT2D eigenvalue weighted by molar-refractivity contribution is 5.81. The first-order chi connectivity index (χ1) is 21.0. The number of hydrogen-bond acceptors (Lipinski definition) is 5. The highest BCUT2D eigenvalue weighted by atomic mass is 16.5. The molecular weight excluding hydrogens is 538 g/mol. The number of carbonyl (C=O) groups excluding carboxylic acids is 1. The first kappa shape index (κ1) is 27.6. The summed E-state index contributed by atoms with van der Waals surface area (Å²) >= 11 is 0. The van der Waals surface area contributed by atoms with Crippen molar-refractivity contribution < 1.29 is 19.4 Å². The van der Waals surface area contributed by atoms with Gasteiger partial charge in [0.1, 0.15) is 12.6 Å². The molecule has 0 saturated heterocycles. The fourth-order valence-electron chi connectivity index (χ4n) is 5.38. The van der Waals surface area contributed by atoms with Gasteiger partial charge in [0, 0.05) is 12.3 Å². The van der Waals surface area contributed by atoms with Crippen LogP contribution in [0.15, 0.2) is 138 Å². The van der Waals surface area contributed by atoms with Gasteiger partial charge in [-0.25, -0.2) is 9.59 Å². The maximum absolute atomic E-state index is 12.7. The second-order valence-electron chi connectivity index (χ2n) is 10.3. The molecule has 1 aliphatic rings. The second-order valence-corrected chi connectivity index (χ2v) is 10.3. The molecule has 0 aliphatic heterocycles. The number of azo groups is 1. The number of alkyl carbamates (subject to hydrolysis) is 1. The highest BCUT2D eigenvalue weighted by Gasteiger charge is 2.29. The molecule has 5 aromatic carbocycles. The molecule has 0 radical (unpaired) electrons. The predicted octanol–water partition coefficient (Wildman–Crippen LogP) is 8.30. The normalized spacial score (nSPS) is 12.8. The number of hydrogen-bond donors (Lipinski definition) is 2. The Hall–Kier alpha value is -5.56. The molecule has 212 valence electrons. The number of rotatable bonds is 9. The molecule has 1 atom stereocenters. The van der Waals surface area contributed by atoms with Crippen LogP contribution in [0.2, 0.25) is 0 Å². The lowest BCUT2D eigenvalue weighted by Crippen LogP contribution is -2.42. The van der Waals surface area contributed by atoms with Gasteiger partial charge in [0.05, 0.1) is 11.4 Å². The summed E-state index contributed by atoms with van der Waals surface area (Å²) in [6.45, 7) is 0.118. The van der Waals surface area contributed by atoms with Gasteiger partial charge in [-0.3, -0.25) is 0 Å². The number of carboxylic acids is 1. The molecule has 0 unspecified atom stereocenters. The summed E-state index contributed by atoms with van der Waals surface area (Å²) in [6.07, 6.45) is -0.631. The number of nitrogens with one attached hydrogen (secondary N) is 1. The van der Waals surface area contributed by atoms with Gasteiger partial charge in [0.25, 0.3) is 0 Å². The van der Waals surface area contributed by atoms with Gasteiger partial charge in [-0.1, -0.05) is 103 Å². The van der Waals surface area contributed by atoms with Gasteiger partial charge in [-0.2, -0.15) is 10.2 Å². The first-order valence-electron chi connectivity index (χ1n) is 14.1. The minimum Gasteiger partial charge on any atom is -0.480 e. The maximum Gasteiger partial charge on any atom is 0.407 e. The summed E-state index contributed by atoms with van der Waals surface area (Å²) in [7, 11) is 0. The first-order valence-corrected chi connectivity index (χ1v) is 14.1. The molecule has 0 spiro atoms. The van der Waals surface area contributed by atoms with Crippen molar-refractivity contribution in [3.63, 3.8) is 0 Å². The molecule has 0 fully saturated rings. The number of amides is 1. The third kappa shape index (κ3) is 6.36. The van der Waals surface area contributed by atoms with Crippen molar-refractivity contribution in [1.82, 2.24) is 5.32 Å². The molecule has 1 aliphatic carbocycles. The number of ether oxygens (including phenoxy) is 1. The number of aliphatic carboxylic acids is 1. The fourth-order valence-corrected chi connectivity index (χ4v) is 5.38. The Labute approximate surface area is 249 Å². The summed E-state index contributed by atoms with van der Waals surface area (Å²) < 4.78 is 5.56. The van der Waals surface area contributed by atoms with E-state index in [0.29, 0.717) is 0 Å². The molecular formula is C36H29N3O4. The van der Waals surface area contributed by atoms with Crippen LogP contribution in [-0.2, 0) is 16.0 Å². The SMILES string of the molecule is O=C(N[C@@H](Cc1ccc(-c2ccc(N=Nc3ccccc3)cc2)cc1)C(=O)O)OCC1c2ccccc2-c2ccccc21. The quantitative estimate of drug-likeness (QED) is 0.175. The van der Waals surface area contributed by atoms with E-state index in [-0.39, 0.29) is 18.9 Å². The van der Waals surface area contributed by atoms with E-state index in [1.54, 1.807) is 0 Å². The van der Waals surface area contributed by atoms with Gasteiger partial charge >= 0.3 is 12.1 Å². The number of carboxylic acid groups (broad SMARTS) is 1. The standard InChI is InChI=1S/C36H29N3O4/c40-35(41)34(37-36(42)43-23-33-31-12-6-4-10-29(31)30-11-5-7-13-32(30)33)22-24-14-16-25(17-15-24)26-18-20-28(21-19-26)39-38-27-8-2-1-3-9-27/h1-21,33-34H,22-23H2,(H,37,42)(H,40,41)/t34-/m0/s1. The Bertz CT molecular complexity index is 1720. The lowest BCUT2D eigenvalue weighted by atomic mass is 9.98. The summed E-state index contributed by atoms with van der Waals surface area (Å²) in [5.41, 5.74) is 8.73. The molecule has 7 nitrogen and oxygen atoms in total. The third-order valence-electron chi connectivity index (χ3n) is 7.57. The molecule has 1 amide bonds. The fraction of sp³-hybridized carbons (Fsp3) is 0.111. The smallest absolute Gasteiger partial charge is 0.407 e. The van der Waals surface area contributed by atoms with Crippen molar-refractivity contribution in [3.05, 3.63) is 144 Å². The average Bonchev–Trinajstić information content (AvgIpc) is 3.37. The molecule has 0 saturated carbocycles. The number of carbonyl (C=O) groups is 2. The van der Waals surface area contributed by atoms with Crippen LogP contribution in [0.4, 0.5) is 16.2 Å². The highest BCUT2D eigenvalue weighted by Crippen LogP contribution is 2.44. The van der Waals surface area contributed by atoms with E-state index in [1.165, 1.54) is 0 Å². The number of benzene rings is 5. The number of fused-ring (bicyclic) bond motifs is 3. The third-order valence-corrected chi connectivity index (χ3v) is 7.57. The van der Waals surface area contributed by atoms with E-state index in [9.17, 15) is 14.7 Å². The van der Waals surface area contributed by atoms with Crippen molar-refractivity contribution in [2.45, 2.75) is 18.4 Å². The lowest BCUT2D eigenvalue weighted by molar-refractivity contribution is -0.139. The van der Waals surface area contributed by atoms with Crippen LogP contribution in [0.3, 0.4) is 0 Å². The monoisotopic (exact) mass is 567 g/mol. The summed E-state index contributed by atoms with van der Waals surface area (Å²) in [5, 5.41) is 20.9. The van der Waals surface area contributed by atoms with Gasteiger partial charge in [0.2, 0.25) is 0 Å². The summed E-state index contributed by atoms with van der Waals surface area (Å²) in [6, 6.07) is 39.9. The molecule has 6 rings (SSSR count). The van der Waals surface area contributed by atoms with Crippen molar-refractivity contribution >= 4 is 23.4 Å². The molecule has 43 heavy (non-hydrogen) atoms. The molecule has 5 aromatic rings. The number of nitrogens with zero attached hydrogens (tertiary/aromatic N) is 2. The van der Waals surface area contributed by atoms with E-state index in [2.05, 4.69) is 27.7 Å². The van der Waals surface area contributed by atoms with E-state index < -0.39 is 18.1 Å². The molecule has 2 N–H and O–H groups in total.